The van der Waals surface area contributed by atoms with Gasteiger partial charge in [-0.1, -0.05) is 24.4 Å². The number of rotatable bonds is 2. The van der Waals surface area contributed by atoms with Crippen molar-refractivity contribution in [3.05, 3.63) is 28.5 Å². The molecule has 1 amide bonds. The topological polar surface area (TPSA) is 54.5 Å². The van der Waals surface area contributed by atoms with E-state index < -0.39 is 25.7 Å². The van der Waals surface area contributed by atoms with E-state index in [1.807, 2.05) is 0 Å². The van der Waals surface area contributed by atoms with Crippen LogP contribution >= 0.6 is 22.3 Å². The molecule has 0 saturated carbocycles. The summed E-state index contributed by atoms with van der Waals surface area (Å²) < 4.78 is 36.8. The first-order valence-electron chi connectivity index (χ1n) is 6.53. The summed E-state index contributed by atoms with van der Waals surface area (Å²) in [5.41, 5.74) is -0.319. The van der Waals surface area contributed by atoms with Crippen molar-refractivity contribution in [3.63, 3.8) is 0 Å². The highest BCUT2D eigenvalue weighted by Crippen LogP contribution is 2.28. The van der Waals surface area contributed by atoms with Crippen LogP contribution in [0, 0.1) is 5.82 Å². The summed E-state index contributed by atoms with van der Waals surface area (Å²) in [6, 6.07) is 1.72. The molecule has 4 nitrogen and oxygen atoms in total. The van der Waals surface area contributed by atoms with Crippen LogP contribution in [0.2, 0.25) is 5.02 Å². The van der Waals surface area contributed by atoms with Crippen molar-refractivity contribution in [1.82, 2.24) is 4.90 Å². The lowest BCUT2D eigenvalue weighted by Crippen LogP contribution is -2.32. The Morgan fingerprint density at radius 2 is 1.71 bits per heavy atom. The number of nitrogens with zero attached hydrogens (tertiary/aromatic N) is 1. The van der Waals surface area contributed by atoms with Crippen molar-refractivity contribution >= 4 is 37.2 Å². The van der Waals surface area contributed by atoms with Crippen LogP contribution in [0.1, 0.15) is 36.0 Å². The van der Waals surface area contributed by atoms with E-state index in [1.54, 1.807) is 0 Å². The molecule has 1 saturated heterocycles. The molecule has 1 aromatic rings. The van der Waals surface area contributed by atoms with Crippen molar-refractivity contribution < 1.29 is 17.6 Å². The molecule has 0 N–H and O–H groups in total. The molecule has 0 aromatic heterocycles. The van der Waals surface area contributed by atoms with Crippen molar-refractivity contribution in [2.75, 3.05) is 13.1 Å². The van der Waals surface area contributed by atoms with E-state index in [9.17, 15) is 17.6 Å². The average molecular weight is 354 g/mol. The Kier molecular flexibility index (Phi) is 5.11. The van der Waals surface area contributed by atoms with E-state index in [0.29, 0.717) is 13.1 Å². The molecule has 1 aromatic carbocycles. The van der Waals surface area contributed by atoms with Gasteiger partial charge in [0.1, 0.15) is 10.7 Å². The molecule has 0 aliphatic carbocycles. The Balaban J connectivity index is 2.40. The first-order valence-corrected chi connectivity index (χ1v) is 9.22. The lowest BCUT2D eigenvalue weighted by Gasteiger charge is -2.21. The number of hydrogen-bond donors (Lipinski definition) is 0. The van der Waals surface area contributed by atoms with Crippen molar-refractivity contribution in [2.45, 2.75) is 30.6 Å². The van der Waals surface area contributed by atoms with E-state index in [1.165, 1.54) is 4.90 Å². The van der Waals surface area contributed by atoms with Crippen LogP contribution in [0.15, 0.2) is 17.0 Å². The summed E-state index contributed by atoms with van der Waals surface area (Å²) in [6.45, 7) is 1.06. The number of likely N-dealkylation sites (tertiary alicyclic amines) is 1. The Morgan fingerprint density at radius 1 is 1.14 bits per heavy atom. The number of carbonyl (C=O) groups excluding carboxylic acids is 1. The molecule has 2 rings (SSSR count). The number of carbonyl (C=O) groups is 1. The molecule has 1 aliphatic rings. The van der Waals surface area contributed by atoms with Gasteiger partial charge < -0.3 is 4.90 Å². The molecule has 8 heteroatoms. The van der Waals surface area contributed by atoms with Crippen LogP contribution in [-0.2, 0) is 9.05 Å². The molecule has 1 aliphatic heterocycles. The van der Waals surface area contributed by atoms with Crippen LogP contribution in [0.4, 0.5) is 4.39 Å². The van der Waals surface area contributed by atoms with Gasteiger partial charge in [0.05, 0.1) is 10.6 Å². The van der Waals surface area contributed by atoms with E-state index in [-0.39, 0.29) is 10.6 Å². The van der Waals surface area contributed by atoms with E-state index in [2.05, 4.69) is 0 Å². The lowest BCUT2D eigenvalue weighted by molar-refractivity contribution is 0.0756. The molecule has 0 atom stereocenters. The summed E-state index contributed by atoms with van der Waals surface area (Å²) in [4.78, 5) is 13.4. The van der Waals surface area contributed by atoms with Crippen LogP contribution in [0.25, 0.3) is 0 Å². The zero-order chi connectivity index (χ0) is 15.6. The fourth-order valence-electron chi connectivity index (χ4n) is 2.32. The Morgan fingerprint density at radius 3 is 2.24 bits per heavy atom. The number of amides is 1. The smallest absolute Gasteiger partial charge is 0.262 e. The van der Waals surface area contributed by atoms with Gasteiger partial charge in [0.15, 0.2) is 0 Å². The van der Waals surface area contributed by atoms with Crippen molar-refractivity contribution in [1.29, 1.82) is 0 Å². The van der Waals surface area contributed by atoms with Gasteiger partial charge in [-0.2, -0.15) is 0 Å². The van der Waals surface area contributed by atoms with Crippen molar-refractivity contribution in [2.24, 2.45) is 0 Å². The molecule has 0 radical (unpaired) electrons. The predicted octanol–water partition coefficient (Wildman–Crippen LogP) is 3.42. The lowest BCUT2D eigenvalue weighted by atomic mass is 10.1. The SMILES string of the molecule is O=C(c1cc(S(=O)(=O)Cl)c(Cl)cc1F)N1CCCCCC1. The highest BCUT2D eigenvalue weighted by atomic mass is 35.7. The molecular weight excluding hydrogens is 340 g/mol. The molecule has 116 valence electrons. The first-order chi connectivity index (χ1) is 9.80. The van der Waals surface area contributed by atoms with Crippen molar-refractivity contribution in [3.8, 4) is 0 Å². The number of hydrogen-bond acceptors (Lipinski definition) is 3. The van der Waals surface area contributed by atoms with E-state index >= 15 is 0 Å². The van der Waals surface area contributed by atoms with Gasteiger partial charge in [-0.3, -0.25) is 4.79 Å². The Bertz CT molecular complexity index is 656. The third kappa shape index (κ3) is 3.87. The molecular formula is C13H14Cl2FNO3S. The van der Waals surface area contributed by atoms with Gasteiger partial charge in [0.2, 0.25) is 0 Å². The van der Waals surface area contributed by atoms with Gasteiger partial charge in [-0.15, -0.1) is 0 Å². The maximum Gasteiger partial charge on any atom is 0.262 e. The van der Waals surface area contributed by atoms with Crippen LogP contribution < -0.4 is 0 Å². The third-order valence-electron chi connectivity index (χ3n) is 3.41. The monoisotopic (exact) mass is 353 g/mol. The maximum atomic E-state index is 14.0. The highest BCUT2D eigenvalue weighted by Gasteiger charge is 2.25. The standard InChI is InChI=1S/C13H14Cl2FNO3S/c14-10-8-11(16)9(7-12(10)21(15,19)20)13(18)17-5-3-1-2-4-6-17/h7-8H,1-6H2. The predicted molar refractivity (Wildman–Crippen MR) is 78.8 cm³/mol. The second-order valence-electron chi connectivity index (χ2n) is 4.91. The van der Waals surface area contributed by atoms with Gasteiger partial charge in [0.25, 0.3) is 15.0 Å². The maximum absolute atomic E-state index is 14.0. The van der Waals surface area contributed by atoms with Gasteiger partial charge in [0, 0.05) is 23.8 Å². The fourth-order valence-corrected chi connectivity index (χ4v) is 3.83. The normalized spacial score (nSPS) is 16.6. The summed E-state index contributed by atoms with van der Waals surface area (Å²) in [5, 5.41) is -0.338. The molecule has 0 unspecified atom stereocenters. The summed E-state index contributed by atoms with van der Waals surface area (Å²) in [5.74, 6) is -1.38. The molecule has 21 heavy (non-hydrogen) atoms. The first kappa shape index (κ1) is 16.5. The summed E-state index contributed by atoms with van der Waals surface area (Å²) >= 11 is 5.67. The minimum Gasteiger partial charge on any atom is -0.339 e. The molecule has 1 fully saturated rings. The van der Waals surface area contributed by atoms with E-state index in [0.717, 1.165) is 37.8 Å². The van der Waals surface area contributed by atoms with Gasteiger partial charge >= 0.3 is 0 Å². The molecule has 0 spiro atoms. The third-order valence-corrected chi connectivity index (χ3v) is 5.19. The van der Waals surface area contributed by atoms with E-state index in [4.69, 9.17) is 22.3 Å². The van der Waals surface area contributed by atoms with Crippen LogP contribution in [-0.4, -0.2) is 32.3 Å². The van der Waals surface area contributed by atoms with Crippen LogP contribution in [0.5, 0.6) is 0 Å². The average Bonchev–Trinajstić information content (AvgIpc) is 2.65. The zero-order valence-corrected chi connectivity index (χ0v) is 13.4. The highest BCUT2D eigenvalue weighted by molar-refractivity contribution is 8.13. The minimum absolute atomic E-state index is 0.319. The van der Waals surface area contributed by atoms with Gasteiger partial charge in [-0.25, -0.2) is 12.8 Å². The van der Waals surface area contributed by atoms with Crippen LogP contribution in [0.3, 0.4) is 0 Å². The quantitative estimate of drug-likeness (QED) is 0.765. The summed E-state index contributed by atoms with van der Waals surface area (Å²) in [6.07, 6.45) is 3.74. The summed E-state index contributed by atoms with van der Waals surface area (Å²) in [7, 11) is 1.10. The van der Waals surface area contributed by atoms with Gasteiger partial charge in [-0.05, 0) is 25.0 Å². The minimum atomic E-state index is -4.14. The Hall–Kier alpha value is -0.850. The molecule has 0 bridgehead atoms. The fraction of sp³-hybridized carbons (Fsp3) is 0.462. The number of benzene rings is 1. The number of halogens is 3. The second kappa shape index (κ2) is 6.50. The largest absolute Gasteiger partial charge is 0.339 e. The molecule has 1 heterocycles. The second-order valence-corrected chi connectivity index (χ2v) is 7.85. The zero-order valence-electron chi connectivity index (χ0n) is 11.1. The Labute approximate surface area is 132 Å².